The lowest BCUT2D eigenvalue weighted by Crippen LogP contribution is -2.37. The minimum Gasteiger partial charge on any atom is -0.409 e. The van der Waals surface area contributed by atoms with Gasteiger partial charge in [-0.15, -0.1) is 0 Å². The maximum atomic E-state index is 8.80. The second-order valence-corrected chi connectivity index (χ2v) is 4.11. The molecule has 1 heterocycles. The second kappa shape index (κ2) is 5.05. The Balaban J connectivity index is 2.38. The van der Waals surface area contributed by atoms with Crippen LogP contribution in [0.15, 0.2) is 23.4 Å². The Morgan fingerprint density at radius 3 is 2.76 bits per heavy atom. The SMILES string of the molecule is Cc1ccc(C(N)=NO)c(N2CCOCC2)c1. The van der Waals surface area contributed by atoms with Crippen molar-refractivity contribution in [3.63, 3.8) is 0 Å². The molecule has 1 fully saturated rings. The molecule has 5 nitrogen and oxygen atoms in total. The summed E-state index contributed by atoms with van der Waals surface area (Å²) in [6, 6.07) is 5.89. The van der Waals surface area contributed by atoms with Gasteiger partial charge in [0.25, 0.3) is 0 Å². The molecule has 1 aromatic rings. The van der Waals surface area contributed by atoms with E-state index in [1.807, 2.05) is 19.1 Å². The normalized spacial score (nSPS) is 17.2. The molecular formula is C12H17N3O2. The third-order valence-corrected chi connectivity index (χ3v) is 2.89. The average molecular weight is 235 g/mol. The van der Waals surface area contributed by atoms with Crippen molar-refractivity contribution >= 4 is 11.5 Å². The molecule has 1 aromatic carbocycles. The Labute approximate surface area is 100 Å². The lowest BCUT2D eigenvalue weighted by atomic mass is 10.1. The fraction of sp³-hybridized carbons (Fsp3) is 0.417. The minimum absolute atomic E-state index is 0.145. The topological polar surface area (TPSA) is 71.1 Å². The molecule has 17 heavy (non-hydrogen) atoms. The summed E-state index contributed by atoms with van der Waals surface area (Å²) in [6.45, 7) is 5.11. The molecule has 0 aromatic heterocycles. The lowest BCUT2D eigenvalue weighted by molar-refractivity contribution is 0.122. The number of aryl methyl sites for hydroxylation is 1. The van der Waals surface area contributed by atoms with E-state index < -0.39 is 0 Å². The number of morpholine rings is 1. The van der Waals surface area contributed by atoms with E-state index in [2.05, 4.69) is 16.1 Å². The van der Waals surface area contributed by atoms with Crippen molar-refractivity contribution in [2.24, 2.45) is 10.9 Å². The van der Waals surface area contributed by atoms with Crippen LogP contribution < -0.4 is 10.6 Å². The van der Waals surface area contributed by atoms with Gasteiger partial charge < -0.3 is 20.6 Å². The fourth-order valence-electron chi connectivity index (χ4n) is 1.98. The number of benzene rings is 1. The van der Waals surface area contributed by atoms with Gasteiger partial charge in [-0.05, 0) is 24.6 Å². The van der Waals surface area contributed by atoms with E-state index in [4.69, 9.17) is 15.7 Å². The van der Waals surface area contributed by atoms with Crippen LogP contribution in [0.5, 0.6) is 0 Å². The highest BCUT2D eigenvalue weighted by molar-refractivity contribution is 6.02. The van der Waals surface area contributed by atoms with Crippen LogP contribution in [0.4, 0.5) is 5.69 Å². The smallest absolute Gasteiger partial charge is 0.172 e. The molecule has 0 bridgehead atoms. The number of anilines is 1. The number of amidine groups is 1. The predicted molar refractivity (Wildman–Crippen MR) is 66.7 cm³/mol. The molecule has 1 aliphatic rings. The Morgan fingerprint density at radius 1 is 1.41 bits per heavy atom. The maximum Gasteiger partial charge on any atom is 0.172 e. The highest BCUT2D eigenvalue weighted by Crippen LogP contribution is 2.23. The number of rotatable bonds is 2. The van der Waals surface area contributed by atoms with E-state index in [-0.39, 0.29) is 5.84 Å². The molecule has 2 rings (SSSR count). The molecule has 0 unspecified atom stereocenters. The van der Waals surface area contributed by atoms with Gasteiger partial charge in [0.1, 0.15) is 0 Å². The van der Waals surface area contributed by atoms with Gasteiger partial charge in [-0.3, -0.25) is 0 Å². The van der Waals surface area contributed by atoms with E-state index in [0.29, 0.717) is 13.2 Å². The summed E-state index contributed by atoms with van der Waals surface area (Å²) in [6.07, 6.45) is 0. The Kier molecular flexibility index (Phi) is 3.49. The van der Waals surface area contributed by atoms with E-state index in [1.54, 1.807) is 0 Å². The van der Waals surface area contributed by atoms with Gasteiger partial charge in [0, 0.05) is 24.3 Å². The summed E-state index contributed by atoms with van der Waals surface area (Å²) in [5.74, 6) is 0.145. The standard InChI is InChI=1S/C12H17N3O2/c1-9-2-3-10(12(13)14-16)11(8-9)15-4-6-17-7-5-15/h2-3,8,16H,4-7H2,1H3,(H2,13,14). The van der Waals surface area contributed by atoms with Crippen molar-refractivity contribution in [3.8, 4) is 0 Å². The van der Waals surface area contributed by atoms with Crippen LogP contribution >= 0.6 is 0 Å². The largest absolute Gasteiger partial charge is 0.409 e. The molecule has 1 saturated heterocycles. The molecule has 0 radical (unpaired) electrons. The highest BCUT2D eigenvalue weighted by atomic mass is 16.5. The summed E-state index contributed by atoms with van der Waals surface area (Å²) in [4.78, 5) is 2.20. The molecule has 0 atom stereocenters. The predicted octanol–water partition coefficient (Wildman–Crippen LogP) is 0.926. The van der Waals surface area contributed by atoms with Gasteiger partial charge in [0.2, 0.25) is 0 Å². The Morgan fingerprint density at radius 2 is 2.12 bits per heavy atom. The van der Waals surface area contributed by atoms with Crippen LogP contribution in [-0.4, -0.2) is 37.3 Å². The first-order valence-corrected chi connectivity index (χ1v) is 5.63. The third-order valence-electron chi connectivity index (χ3n) is 2.89. The summed E-state index contributed by atoms with van der Waals surface area (Å²) in [5.41, 5.74) is 8.61. The van der Waals surface area contributed by atoms with Crippen molar-refractivity contribution in [2.75, 3.05) is 31.2 Å². The number of ether oxygens (including phenoxy) is 1. The molecule has 0 aliphatic carbocycles. The van der Waals surface area contributed by atoms with Gasteiger partial charge in [-0.2, -0.15) is 0 Å². The second-order valence-electron chi connectivity index (χ2n) is 4.11. The molecule has 0 saturated carbocycles. The van der Waals surface area contributed by atoms with Gasteiger partial charge >= 0.3 is 0 Å². The zero-order valence-electron chi connectivity index (χ0n) is 9.89. The van der Waals surface area contributed by atoms with Crippen molar-refractivity contribution < 1.29 is 9.94 Å². The van der Waals surface area contributed by atoms with Crippen LogP contribution in [-0.2, 0) is 4.74 Å². The fourth-order valence-corrected chi connectivity index (χ4v) is 1.98. The van der Waals surface area contributed by atoms with Crippen LogP contribution in [0.2, 0.25) is 0 Å². The minimum atomic E-state index is 0.145. The Hall–Kier alpha value is -1.75. The van der Waals surface area contributed by atoms with Crippen molar-refractivity contribution in [3.05, 3.63) is 29.3 Å². The summed E-state index contributed by atoms with van der Waals surface area (Å²) in [7, 11) is 0. The van der Waals surface area contributed by atoms with Gasteiger partial charge in [0.05, 0.1) is 13.2 Å². The van der Waals surface area contributed by atoms with Gasteiger partial charge in [-0.1, -0.05) is 11.2 Å². The van der Waals surface area contributed by atoms with E-state index in [0.717, 1.165) is 29.9 Å². The maximum absolute atomic E-state index is 8.80. The number of nitrogens with two attached hydrogens (primary N) is 1. The third kappa shape index (κ3) is 2.50. The van der Waals surface area contributed by atoms with Gasteiger partial charge in [-0.25, -0.2) is 0 Å². The summed E-state index contributed by atoms with van der Waals surface area (Å²) >= 11 is 0. The zero-order valence-corrected chi connectivity index (χ0v) is 9.89. The summed E-state index contributed by atoms with van der Waals surface area (Å²) < 4.78 is 5.33. The Bertz CT molecular complexity index is 426. The molecular weight excluding hydrogens is 218 g/mol. The van der Waals surface area contributed by atoms with Crippen LogP contribution in [0.3, 0.4) is 0 Å². The van der Waals surface area contributed by atoms with Crippen molar-refractivity contribution in [1.29, 1.82) is 0 Å². The average Bonchev–Trinajstić information content (AvgIpc) is 2.39. The summed E-state index contributed by atoms with van der Waals surface area (Å²) in [5, 5.41) is 11.9. The van der Waals surface area contributed by atoms with Crippen LogP contribution in [0, 0.1) is 6.92 Å². The molecule has 3 N–H and O–H groups in total. The first kappa shape index (κ1) is 11.7. The zero-order chi connectivity index (χ0) is 12.3. The number of hydrogen-bond acceptors (Lipinski definition) is 4. The molecule has 1 aliphatic heterocycles. The molecule has 92 valence electrons. The first-order valence-electron chi connectivity index (χ1n) is 5.63. The van der Waals surface area contributed by atoms with E-state index >= 15 is 0 Å². The van der Waals surface area contributed by atoms with E-state index in [1.165, 1.54) is 0 Å². The van der Waals surface area contributed by atoms with Crippen LogP contribution in [0.1, 0.15) is 11.1 Å². The quantitative estimate of drug-likeness (QED) is 0.346. The van der Waals surface area contributed by atoms with Crippen LogP contribution in [0.25, 0.3) is 0 Å². The molecule has 0 amide bonds. The lowest BCUT2D eigenvalue weighted by Gasteiger charge is -2.30. The first-order chi connectivity index (χ1) is 8.22. The molecule has 0 spiro atoms. The highest BCUT2D eigenvalue weighted by Gasteiger charge is 2.16. The number of oxime groups is 1. The van der Waals surface area contributed by atoms with Gasteiger partial charge in [0.15, 0.2) is 5.84 Å². The van der Waals surface area contributed by atoms with E-state index in [9.17, 15) is 0 Å². The molecule has 5 heteroatoms. The number of nitrogens with zero attached hydrogens (tertiary/aromatic N) is 2. The number of hydrogen-bond donors (Lipinski definition) is 2. The van der Waals surface area contributed by atoms with Crippen molar-refractivity contribution in [2.45, 2.75) is 6.92 Å². The van der Waals surface area contributed by atoms with Crippen molar-refractivity contribution in [1.82, 2.24) is 0 Å². The monoisotopic (exact) mass is 235 g/mol.